The molecule has 0 aliphatic carbocycles. The summed E-state index contributed by atoms with van der Waals surface area (Å²) in [5.74, 6) is -0.209. The third kappa shape index (κ3) is 9.28. The van der Waals surface area contributed by atoms with Crippen molar-refractivity contribution in [2.75, 3.05) is 33.0 Å². The van der Waals surface area contributed by atoms with Crippen LogP contribution in [0.5, 0.6) is 5.75 Å². The molecule has 0 aromatic heterocycles. The first-order valence-corrected chi connectivity index (χ1v) is 9.72. The summed E-state index contributed by atoms with van der Waals surface area (Å²) in [5.41, 5.74) is 0. The molecule has 1 aromatic carbocycles. The van der Waals surface area contributed by atoms with E-state index < -0.39 is 12.1 Å². The Morgan fingerprint density at radius 2 is 1.50 bits per heavy atom. The van der Waals surface area contributed by atoms with Crippen molar-refractivity contribution in [3.05, 3.63) is 27.2 Å². The molecule has 0 heterocycles. The van der Waals surface area contributed by atoms with Gasteiger partial charge < -0.3 is 18.9 Å². The van der Waals surface area contributed by atoms with E-state index in [1.807, 2.05) is 0 Å². The first-order valence-electron chi connectivity index (χ1n) is 8.59. The zero-order valence-electron chi connectivity index (χ0n) is 15.1. The topological polar surface area (TPSA) is 54.0 Å². The van der Waals surface area contributed by atoms with Crippen LogP contribution < -0.4 is 4.74 Å². The monoisotopic (exact) mass is 426 g/mol. The van der Waals surface area contributed by atoms with E-state index in [0.29, 0.717) is 36.3 Å². The van der Waals surface area contributed by atoms with Gasteiger partial charge in [0.15, 0.2) is 6.10 Å². The highest BCUT2D eigenvalue weighted by molar-refractivity contribution is 6.43. The second kappa shape index (κ2) is 13.4. The van der Waals surface area contributed by atoms with Gasteiger partial charge in [0.25, 0.3) is 0 Å². The molecule has 0 N–H and O–H groups in total. The summed E-state index contributed by atoms with van der Waals surface area (Å²) in [5, 5.41) is 0.885. The van der Waals surface area contributed by atoms with Gasteiger partial charge in [0, 0.05) is 38.9 Å². The molecule has 0 fully saturated rings. The van der Waals surface area contributed by atoms with Crippen LogP contribution in [0.2, 0.25) is 15.1 Å². The van der Waals surface area contributed by atoms with Crippen LogP contribution >= 0.6 is 34.8 Å². The van der Waals surface area contributed by atoms with Gasteiger partial charge in [-0.2, -0.15) is 0 Å². The minimum absolute atomic E-state index is 0.258. The van der Waals surface area contributed by atoms with Gasteiger partial charge in [0.05, 0.1) is 21.7 Å². The van der Waals surface area contributed by atoms with Gasteiger partial charge in [-0.1, -0.05) is 41.7 Å². The predicted molar refractivity (Wildman–Crippen MR) is 104 cm³/mol. The Bertz CT molecular complexity index is 554. The van der Waals surface area contributed by atoms with E-state index in [1.165, 1.54) is 12.1 Å². The predicted octanol–water partition coefficient (Wildman–Crippen LogP) is 5.18. The van der Waals surface area contributed by atoms with Crippen molar-refractivity contribution < 1.29 is 23.7 Å². The average molecular weight is 428 g/mol. The summed E-state index contributed by atoms with van der Waals surface area (Å²) >= 11 is 17.8. The van der Waals surface area contributed by atoms with Crippen molar-refractivity contribution in [3.8, 4) is 5.75 Å². The maximum atomic E-state index is 11.9. The molecule has 0 saturated heterocycles. The Morgan fingerprint density at radius 3 is 2.15 bits per heavy atom. The first kappa shape index (κ1) is 23.3. The zero-order chi connectivity index (χ0) is 19.4. The SMILES string of the molecule is CCCOCCCOCCCOC(=O)C(C)Oc1cc(Cl)c(Cl)cc1Cl. The summed E-state index contributed by atoms with van der Waals surface area (Å²) in [6, 6.07) is 2.93. The zero-order valence-corrected chi connectivity index (χ0v) is 17.3. The van der Waals surface area contributed by atoms with Crippen LogP contribution in [-0.4, -0.2) is 45.1 Å². The van der Waals surface area contributed by atoms with E-state index in [2.05, 4.69) is 6.92 Å². The number of halogens is 3. The van der Waals surface area contributed by atoms with Crippen LogP contribution in [0.4, 0.5) is 0 Å². The molecule has 1 aromatic rings. The summed E-state index contributed by atoms with van der Waals surface area (Å²) in [6.45, 7) is 6.55. The Balaban J connectivity index is 2.16. The number of hydrogen-bond donors (Lipinski definition) is 0. The molecule has 26 heavy (non-hydrogen) atoms. The largest absolute Gasteiger partial charge is 0.477 e. The number of benzene rings is 1. The van der Waals surface area contributed by atoms with Crippen molar-refractivity contribution in [2.45, 2.75) is 39.2 Å². The quantitative estimate of drug-likeness (QED) is 0.247. The molecule has 148 valence electrons. The Hall–Kier alpha value is -0.720. The average Bonchev–Trinajstić information content (AvgIpc) is 2.61. The fraction of sp³-hybridized carbons (Fsp3) is 0.611. The van der Waals surface area contributed by atoms with Crippen molar-refractivity contribution in [1.29, 1.82) is 0 Å². The van der Waals surface area contributed by atoms with Gasteiger partial charge in [-0.15, -0.1) is 0 Å². The molecule has 0 amide bonds. The molecule has 1 atom stereocenters. The molecule has 1 unspecified atom stereocenters. The van der Waals surface area contributed by atoms with Crippen molar-refractivity contribution in [1.82, 2.24) is 0 Å². The summed E-state index contributed by atoms with van der Waals surface area (Å²) in [7, 11) is 0. The second-order valence-corrected chi connectivity index (χ2v) is 6.78. The fourth-order valence-electron chi connectivity index (χ4n) is 1.90. The highest BCUT2D eigenvalue weighted by Crippen LogP contribution is 2.34. The Labute approximate surface area is 169 Å². The van der Waals surface area contributed by atoms with Crippen LogP contribution in [0.1, 0.15) is 33.1 Å². The standard InChI is InChI=1S/C18H25Cl3O5/c1-3-6-23-7-4-8-24-9-5-10-25-18(22)13(2)26-17-12-15(20)14(19)11-16(17)21/h11-13H,3-10H2,1-2H3. The number of rotatable bonds is 13. The fourth-order valence-corrected chi connectivity index (χ4v) is 2.48. The van der Waals surface area contributed by atoms with Crippen molar-refractivity contribution in [2.24, 2.45) is 0 Å². The van der Waals surface area contributed by atoms with E-state index in [0.717, 1.165) is 19.4 Å². The van der Waals surface area contributed by atoms with Crippen LogP contribution in [0, 0.1) is 0 Å². The van der Waals surface area contributed by atoms with Crippen LogP contribution in [0.25, 0.3) is 0 Å². The summed E-state index contributed by atoms with van der Waals surface area (Å²) < 4.78 is 21.4. The molecule has 8 heteroatoms. The molecular weight excluding hydrogens is 403 g/mol. The third-order valence-corrected chi connectivity index (χ3v) is 4.23. The maximum Gasteiger partial charge on any atom is 0.347 e. The highest BCUT2D eigenvalue weighted by Gasteiger charge is 2.18. The molecule has 0 radical (unpaired) electrons. The number of esters is 1. The van der Waals surface area contributed by atoms with Crippen molar-refractivity contribution in [3.63, 3.8) is 0 Å². The van der Waals surface area contributed by atoms with Gasteiger partial charge in [-0.25, -0.2) is 4.79 Å². The molecule has 0 spiro atoms. The van der Waals surface area contributed by atoms with E-state index >= 15 is 0 Å². The molecule has 0 bridgehead atoms. The first-order chi connectivity index (χ1) is 12.5. The number of ether oxygens (including phenoxy) is 4. The molecular formula is C18H25Cl3O5. The minimum atomic E-state index is -0.818. The Kier molecular flexibility index (Phi) is 12.1. The normalized spacial score (nSPS) is 12.0. The maximum absolute atomic E-state index is 11.9. The third-order valence-electron chi connectivity index (χ3n) is 3.21. The summed E-state index contributed by atoms with van der Waals surface area (Å²) in [6.07, 6.45) is 1.67. The van der Waals surface area contributed by atoms with Gasteiger partial charge in [0.1, 0.15) is 5.75 Å². The Morgan fingerprint density at radius 1 is 0.923 bits per heavy atom. The number of carbonyl (C=O) groups is 1. The van der Waals surface area contributed by atoms with E-state index in [1.54, 1.807) is 6.92 Å². The lowest BCUT2D eigenvalue weighted by molar-refractivity contribution is -0.151. The molecule has 1 rings (SSSR count). The number of hydrogen-bond acceptors (Lipinski definition) is 5. The lowest BCUT2D eigenvalue weighted by atomic mass is 10.3. The lowest BCUT2D eigenvalue weighted by Crippen LogP contribution is -2.26. The number of carbonyl (C=O) groups excluding carboxylic acids is 1. The highest BCUT2D eigenvalue weighted by atomic mass is 35.5. The molecule has 0 aliphatic heterocycles. The van der Waals surface area contributed by atoms with E-state index in [-0.39, 0.29) is 17.4 Å². The van der Waals surface area contributed by atoms with Gasteiger partial charge in [-0.3, -0.25) is 0 Å². The molecule has 0 saturated carbocycles. The van der Waals surface area contributed by atoms with Gasteiger partial charge >= 0.3 is 5.97 Å². The lowest BCUT2D eigenvalue weighted by Gasteiger charge is -2.15. The molecule has 0 aliphatic rings. The second-order valence-electron chi connectivity index (χ2n) is 5.56. The molecule has 5 nitrogen and oxygen atoms in total. The summed E-state index contributed by atoms with van der Waals surface area (Å²) in [4.78, 5) is 11.9. The van der Waals surface area contributed by atoms with E-state index in [9.17, 15) is 4.79 Å². The van der Waals surface area contributed by atoms with E-state index in [4.69, 9.17) is 53.8 Å². The minimum Gasteiger partial charge on any atom is -0.477 e. The smallest absolute Gasteiger partial charge is 0.347 e. The van der Waals surface area contributed by atoms with Gasteiger partial charge in [-0.05, 0) is 25.8 Å². The van der Waals surface area contributed by atoms with Crippen LogP contribution in [0.3, 0.4) is 0 Å². The van der Waals surface area contributed by atoms with Crippen LogP contribution in [-0.2, 0) is 19.0 Å². The van der Waals surface area contributed by atoms with Crippen LogP contribution in [0.15, 0.2) is 12.1 Å². The van der Waals surface area contributed by atoms with Crippen molar-refractivity contribution >= 4 is 40.8 Å². The van der Waals surface area contributed by atoms with Gasteiger partial charge in [0.2, 0.25) is 0 Å².